The standard InChI is InChI=1S/C9H20N2O2/c1-4-11(5-2)8-6-7-10(3)9(12)13/h4-8H2,1-3H3,(H,12,13). The number of hydrogen-bond acceptors (Lipinski definition) is 2. The Morgan fingerprint density at radius 1 is 1.23 bits per heavy atom. The first-order valence-electron chi connectivity index (χ1n) is 4.78. The Kier molecular flexibility index (Phi) is 6.32. The molecule has 0 aromatic rings. The van der Waals surface area contributed by atoms with E-state index in [9.17, 15) is 4.79 Å². The molecule has 0 aliphatic rings. The second kappa shape index (κ2) is 6.71. The van der Waals surface area contributed by atoms with Gasteiger partial charge in [0.25, 0.3) is 0 Å². The predicted molar refractivity (Wildman–Crippen MR) is 53.1 cm³/mol. The molecule has 4 heteroatoms. The summed E-state index contributed by atoms with van der Waals surface area (Å²) in [6, 6.07) is 0. The van der Waals surface area contributed by atoms with Crippen molar-refractivity contribution >= 4 is 6.09 Å². The monoisotopic (exact) mass is 188 g/mol. The Morgan fingerprint density at radius 2 is 1.77 bits per heavy atom. The fourth-order valence-electron chi connectivity index (χ4n) is 1.17. The summed E-state index contributed by atoms with van der Waals surface area (Å²) in [4.78, 5) is 14.0. The fraction of sp³-hybridized carbons (Fsp3) is 0.889. The highest BCUT2D eigenvalue weighted by Gasteiger charge is 2.05. The van der Waals surface area contributed by atoms with Crippen LogP contribution in [0.3, 0.4) is 0 Å². The van der Waals surface area contributed by atoms with Gasteiger partial charge in [-0.05, 0) is 26.1 Å². The van der Waals surface area contributed by atoms with Crippen molar-refractivity contribution in [1.29, 1.82) is 0 Å². The summed E-state index contributed by atoms with van der Waals surface area (Å²) in [5.74, 6) is 0. The first kappa shape index (κ1) is 12.2. The van der Waals surface area contributed by atoms with Gasteiger partial charge in [-0.15, -0.1) is 0 Å². The van der Waals surface area contributed by atoms with Gasteiger partial charge < -0.3 is 14.9 Å². The van der Waals surface area contributed by atoms with Crippen LogP contribution in [0.25, 0.3) is 0 Å². The summed E-state index contributed by atoms with van der Waals surface area (Å²) in [5, 5.41) is 8.57. The molecule has 4 nitrogen and oxygen atoms in total. The molecule has 0 aliphatic carbocycles. The summed E-state index contributed by atoms with van der Waals surface area (Å²) in [6.45, 7) is 7.89. The lowest BCUT2D eigenvalue weighted by molar-refractivity contribution is 0.153. The molecule has 78 valence electrons. The van der Waals surface area contributed by atoms with Gasteiger partial charge in [0.2, 0.25) is 0 Å². The van der Waals surface area contributed by atoms with Gasteiger partial charge in [-0.1, -0.05) is 13.8 Å². The number of nitrogens with zero attached hydrogens (tertiary/aromatic N) is 2. The van der Waals surface area contributed by atoms with E-state index in [0.29, 0.717) is 6.54 Å². The van der Waals surface area contributed by atoms with Crippen LogP contribution >= 0.6 is 0 Å². The van der Waals surface area contributed by atoms with Crippen LogP contribution in [0.15, 0.2) is 0 Å². The van der Waals surface area contributed by atoms with Crippen LogP contribution in [0.2, 0.25) is 0 Å². The first-order valence-corrected chi connectivity index (χ1v) is 4.78. The molecule has 0 fully saturated rings. The summed E-state index contributed by atoms with van der Waals surface area (Å²) >= 11 is 0. The normalized spacial score (nSPS) is 10.5. The number of hydrogen-bond donors (Lipinski definition) is 1. The highest BCUT2D eigenvalue weighted by Crippen LogP contribution is 1.93. The summed E-state index contributed by atoms with van der Waals surface area (Å²) in [7, 11) is 1.60. The molecule has 0 heterocycles. The van der Waals surface area contributed by atoms with Gasteiger partial charge in [-0.25, -0.2) is 4.79 Å². The van der Waals surface area contributed by atoms with E-state index in [1.165, 1.54) is 4.90 Å². The number of carboxylic acid groups (broad SMARTS) is 1. The van der Waals surface area contributed by atoms with Gasteiger partial charge in [0, 0.05) is 13.6 Å². The van der Waals surface area contributed by atoms with Crippen molar-refractivity contribution in [1.82, 2.24) is 9.80 Å². The topological polar surface area (TPSA) is 43.8 Å². The maximum Gasteiger partial charge on any atom is 0.407 e. The average molecular weight is 188 g/mol. The predicted octanol–water partition coefficient (Wildman–Crippen LogP) is 1.33. The van der Waals surface area contributed by atoms with Crippen molar-refractivity contribution in [2.75, 3.05) is 33.2 Å². The fourth-order valence-corrected chi connectivity index (χ4v) is 1.17. The van der Waals surface area contributed by atoms with E-state index < -0.39 is 6.09 Å². The molecule has 0 unspecified atom stereocenters. The quantitative estimate of drug-likeness (QED) is 0.684. The largest absolute Gasteiger partial charge is 0.465 e. The number of amides is 1. The summed E-state index contributed by atoms with van der Waals surface area (Å²) in [5.41, 5.74) is 0. The van der Waals surface area contributed by atoms with Crippen LogP contribution < -0.4 is 0 Å². The molecule has 0 bridgehead atoms. The molecule has 0 spiro atoms. The third kappa shape index (κ3) is 5.47. The van der Waals surface area contributed by atoms with Crippen molar-refractivity contribution in [3.8, 4) is 0 Å². The van der Waals surface area contributed by atoms with Crippen LogP contribution in [0.5, 0.6) is 0 Å². The Morgan fingerprint density at radius 3 is 2.15 bits per heavy atom. The van der Waals surface area contributed by atoms with E-state index >= 15 is 0 Å². The second-order valence-electron chi connectivity index (χ2n) is 3.08. The van der Waals surface area contributed by atoms with E-state index in [1.54, 1.807) is 7.05 Å². The molecule has 0 aromatic heterocycles. The van der Waals surface area contributed by atoms with Crippen LogP contribution in [-0.2, 0) is 0 Å². The molecule has 0 aromatic carbocycles. The Balaban J connectivity index is 3.48. The molecule has 1 amide bonds. The van der Waals surface area contributed by atoms with E-state index in [0.717, 1.165) is 26.1 Å². The highest BCUT2D eigenvalue weighted by molar-refractivity contribution is 5.64. The van der Waals surface area contributed by atoms with Crippen LogP contribution in [-0.4, -0.2) is 54.2 Å². The third-order valence-electron chi connectivity index (χ3n) is 2.19. The minimum Gasteiger partial charge on any atom is -0.465 e. The molecule has 0 radical (unpaired) electrons. The van der Waals surface area contributed by atoms with Crippen molar-refractivity contribution in [3.05, 3.63) is 0 Å². The Labute approximate surface area is 80.1 Å². The zero-order valence-corrected chi connectivity index (χ0v) is 8.79. The molecule has 1 N–H and O–H groups in total. The SMILES string of the molecule is CCN(CC)CCCN(C)C(=O)O. The van der Waals surface area contributed by atoms with Crippen LogP contribution in [0.1, 0.15) is 20.3 Å². The van der Waals surface area contributed by atoms with Gasteiger partial charge in [0.15, 0.2) is 0 Å². The van der Waals surface area contributed by atoms with E-state index in [2.05, 4.69) is 18.7 Å². The average Bonchev–Trinajstić information content (AvgIpc) is 2.12. The van der Waals surface area contributed by atoms with Crippen molar-refractivity contribution in [3.63, 3.8) is 0 Å². The maximum absolute atomic E-state index is 10.4. The summed E-state index contributed by atoms with van der Waals surface area (Å²) < 4.78 is 0. The van der Waals surface area contributed by atoms with Gasteiger partial charge in [-0.3, -0.25) is 0 Å². The van der Waals surface area contributed by atoms with E-state index in [4.69, 9.17) is 5.11 Å². The van der Waals surface area contributed by atoms with Gasteiger partial charge in [0.1, 0.15) is 0 Å². The lowest BCUT2D eigenvalue weighted by Crippen LogP contribution is -2.30. The van der Waals surface area contributed by atoms with E-state index in [1.807, 2.05) is 0 Å². The number of carbonyl (C=O) groups is 1. The molecule has 0 rings (SSSR count). The molecule has 0 atom stereocenters. The molecule has 0 saturated heterocycles. The van der Waals surface area contributed by atoms with Crippen molar-refractivity contribution in [2.24, 2.45) is 0 Å². The minimum absolute atomic E-state index is 0.617. The molecule has 0 saturated carbocycles. The highest BCUT2D eigenvalue weighted by atomic mass is 16.4. The molecular weight excluding hydrogens is 168 g/mol. The van der Waals surface area contributed by atoms with Gasteiger partial charge in [-0.2, -0.15) is 0 Å². The first-order chi connectivity index (χ1) is 6.11. The zero-order chi connectivity index (χ0) is 10.3. The molecular formula is C9H20N2O2. The summed E-state index contributed by atoms with van der Waals surface area (Å²) in [6.07, 6.45) is 0.0596. The smallest absolute Gasteiger partial charge is 0.407 e. The Hall–Kier alpha value is -0.770. The Bertz CT molecular complexity index is 147. The third-order valence-corrected chi connectivity index (χ3v) is 2.19. The molecule has 13 heavy (non-hydrogen) atoms. The minimum atomic E-state index is -0.848. The lowest BCUT2D eigenvalue weighted by Gasteiger charge is -2.19. The van der Waals surface area contributed by atoms with Gasteiger partial charge in [0.05, 0.1) is 0 Å². The number of rotatable bonds is 6. The van der Waals surface area contributed by atoms with Gasteiger partial charge >= 0.3 is 6.09 Å². The second-order valence-corrected chi connectivity index (χ2v) is 3.08. The van der Waals surface area contributed by atoms with Crippen molar-refractivity contribution in [2.45, 2.75) is 20.3 Å². The maximum atomic E-state index is 10.4. The van der Waals surface area contributed by atoms with Crippen LogP contribution in [0.4, 0.5) is 4.79 Å². The zero-order valence-electron chi connectivity index (χ0n) is 8.79. The molecule has 0 aliphatic heterocycles. The van der Waals surface area contributed by atoms with Crippen molar-refractivity contribution < 1.29 is 9.90 Å². The lowest BCUT2D eigenvalue weighted by atomic mass is 10.3. The van der Waals surface area contributed by atoms with E-state index in [-0.39, 0.29) is 0 Å². The van der Waals surface area contributed by atoms with Crippen LogP contribution in [0, 0.1) is 0 Å².